The first-order valence-electron chi connectivity index (χ1n) is 7.78. The predicted molar refractivity (Wildman–Crippen MR) is 91.6 cm³/mol. The molecule has 1 aliphatic rings. The zero-order valence-electron chi connectivity index (χ0n) is 13.5. The molecule has 1 aromatic rings. The van der Waals surface area contributed by atoms with E-state index < -0.39 is 5.97 Å². The Morgan fingerprint density at radius 1 is 1.42 bits per heavy atom. The number of nitrogens with two attached hydrogens (primary N) is 1. The Morgan fingerprint density at radius 2 is 2.08 bits per heavy atom. The summed E-state index contributed by atoms with van der Waals surface area (Å²) in [6.07, 6.45) is 1.69. The van der Waals surface area contributed by atoms with Gasteiger partial charge in [-0.1, -0.05) is 11.6 Å². The minimum atomic E-state index is -0.794. The van der Waals surface area contributed by atoms with Crippen molar-refractivity contribution in [1.29, 1.82) is 0 Å². The van der Waals surface area contributed by atoms with Crippen LogP contribution >= 0.6 is 11.6 Å². The molecule has 24 heavy (non-hydrogen) atoms. The number of nitrogen functional groups attached to an aromatic ring is 1. The Kier molecular flexibility index (Phi) is 6.28. The maximum Gasteiger partial charge on any atom is 0.304 e. The van der Waals surface area contributed by atoms with Crippen molar-refractivity contribution in [3.05, 3.63) is 22.7 Å². The third kappa shape index (κ3) is 4.75. The van der Waals surface area contributed by atoms with Crippen molar-refractivity contribution < 1.29 is 19.4 Å². The number of hydrogen-bond acceptors (Lipinski definition) is 5. The number of aliphatic carboxylic acids is 1. The fourth-order valence-electron chi connectivity index (χ4n) is 2.73. The molecule has 0 saturated carbocycles. The molecule has 1 saturated heterocycles. The molecule has 0 aromatic heterocycles. The lowest BCUT2D eigenvalue weighted by Crippen LogP contribution is -2.45. The van der Waals surface area contributed by atoms with E-state index in [1.807, 2.05) is 0 Å². The molecule has 2 rings (SSSR count). The van der Waals surface area contributed by atoms with Gasteiger partial charge in [-0.05, 0) is 18.9 Å². The van der Waals surface area contributed by atoms with Gasteiger partial charge in [-0.2, -0.15) is 0 Å². The van der Waals surface area contributed by atoms with Crippen molar-refractivity contribution >= 4 is 29.2 Å². The summed E-state index contributed by atoms with van der Waals surface area (Å²) in [5.74, 6) is -0.663. The number of rotatable bonds is 6. The van der Waals surface area contributed by atoms with Crippen molar-refractivity contribution in [1.82, 2.24) is 10.2 Å². The molecular weight excluding hydrogens is 334 g/mol. The number of nitrogens with zero attached hydrogens (tertiary/aromatic N) is 1. The molecule has 1 fully saturated rings. The van der Waals surface area contributed by atoms with Crippen LogP contribution in [-0.4, -0.2) is 54.7 Å². The first kappa shape index (κ1) is 18.4. The SMILES string of the molecule is COc1cc(N)c(Cl)cc1C(=O)NC1CCN(CCC(=O)O)CC1. The fourth-order valence-corrected chi connectivity index (χ4v) is 2.90. The number of piperidine rings is 1. The monoisotopic (exact) mass is 355 g/mol. The largest absolute Gasteiger partial charge is 0.496 e. The molecule has 0 bridgehead atoms. The highest BCUT2D eigenvalue weighted by molar-refractivity contribution is 6.33. The quantitative estimate of drug-likeness (QED) is 0.669. The second-order valence-corrected chi connectivity index (χ2v) is 6.21. The molecule has 0 spiro atoms. The smallest absolute Gasteiger partial charge is 0.304 e. The molecule has 7 nitrogen and oxygen atoms in total. The van der Waals surface area contributed by atoms with Crippen molar-refractivity contribution in [3.63, 3.8) is 0 Å². The lowest BCUT2D eigenvalue weighted by atomic mass is 10.0. The molecule has 0 atom stereocenters. The van der Waals surface area contributed by atoms with E-state index in [2.05, 4.69) is 10.2 Å². The summed E-state index contributed by atoms with van der Waals surface area (Å²) < 4.78 is 5.20. The predicted octanol–water partition coefficient (Wildman–Crippen LogP) is 1.60. The van der Waals surface area contributed by atoms with Crippen LogP contribution in [0.4, 0.5) is 5.69 Å². The van der Waals surface area contributed by atoms with Gasteiger partial charge >= 0.3 is 5.97 Å². The summed E-state index contributed by atoms with van der Waals surface area (Å²) >= 11 is 5.99. The van der Waals surface area contributed by atoms with Gasteiger partial charge in [0, 0.05) is 31.7 Å². The van der Waals surface area contributed by atoms with Crippen molar-refractivity contribution in [2.45, 2.75) is 25.3 Å². The van der Waals surface area contributed by atoms with Crippen LogP contribution in [0.5, 0.6) is 5.75 Å². The van der Waals surface area contributed by atoms with E-state index in [0.29, 0.717) is 28.6 Å². The Hall–Kier alpha value is -1.99. The minimum Gasteiger partial charge on any atom is -0.496 e. The molecule has 0 unspecified atom stereocenters. The van der Waals surface area contributed by atoms with Gasteiger partial charge in [-0.3, -0.25) is 9.59 Å². The number of ether oxygens (including phenoxy) is 1. The Balaban J connectivity index is 1.92. The van der Waals surface area contributed by atoms with Crippen LogP contribution in [-0.2, 0) is 4.79 Å². The zero-order valence-corrected chi connectivity index (χ0v) is 14.3. The van der Waals surface area contributed by atoms with Crippen LogP contribution in [0.3, 0.4) is 0 Å². The topological polar surface area (TPSA) is 105 Å². The maximum absolute atomic E-state index is 12.5. The number of hydrogen-bond donors (Lipinski definition) is 3. The van der Waals surface area contributed by atoms with Gasteiger partial charge in [-0.25, -0.2) is 0 Å². The van der Waals surface area contributed by atoms with Crippen LogP contribution in [0.25, 0.3) is 0 Å². The van der Waals surface area contributed by atoms with E-state index in [4.69, 9.17) is 27.2 Å². The van der Waals surface area contributed by atoms with Crippen molar-refractivity contribution in [2.24, 2.45) is 0 Å². The van der Waals surface area contributed by atoms with E-state index in [1.165, 1.54) is 19.2 Å². The number of carbonyl (C=O) groups excluding carboxylic acids is 1. The van der Waals surface area contributed by atoms with E-state index >= 15 is 0 Å². The third-order valence-electron chi connectivity index (χ3n) is 4.13. The lowest BCUT2D eigenvalue weighted by molar-refractivity contribution is -0.137. The number of halogens is 1. The Bertz CT molecular complexity index is 616. The van der Waals surface area contributed by atoms with Gasteiger partial charge in [0.15, 0.2) is 0 Å². The highest BCUT2D eigenvalue weighted by Crippen LogP contribution is 2.29. The molecule has 1 heterocycles. The number of amides is 1. The minimum absolute atomic E-state index is 0.0413. The molecule has 1 amide bonds. The zero-order chi connectivity index (χ0) is 17.7. The molecule has 0 radical (unpaired) electrons. The summed E-state index contributed by atoms with van der Waals surface area (Å²) in [6, 6.07) is 3.08. The van der Waals surface area contributed by atoms with Crippen molar-refractivity contribution in [3.8, 4) is 5.75 Å². The second-order valence-electron chi connectivity index (χ2n) is 5.81. The molecule has 4 N–H and O–H groups in total. The highest BCUT2D eigenvalue weighted by atomic mass is 35.5. The number of carboxylic acids is 1. The first-order valence-corrected chi connectivity index (χ1v) is 8.16. The van der Waals surface area contributed by atoms with Gasteiger partial charge in [-0.15, -0.1) is 0 Å². The van der Waals surface area contributed by atoms with Gasteiger partial charge in [0.2, 0.25) is 0 Å². The maximum atomic E-state index is 12.5. The number of methoxy groups -OCH3 is 1. The van der Waals surface area contributed by atoms with Crippen LogP contribution in [0.15, 0.2) is 12.1 Å². The molecule has 8 heteroatoms. The van der Waals surface area contributed by atoms with Gasteiger partial charge in [0.05, 0.1) is 29.8 Å². The Morgan fingerprint density at radius 3 is 2.67 bits per heavy atom. The second kappa shape index (κ2) is 8.21. The summed E-state index contributed by atoms with van der Waals surface area (Å²) in [6.45, 7) is 2.06. The van der Waals surface area contributed by atoms with E-state index in [1.54, 1.807) is 0 Å². The number of carbonyl (C=O) groups is 2. The van der Waals surface area contributed by atoms with E-state index in [-0.39, 0.29) is 18.4 Å². The molecular formula is C16H22ClN3O4. The number of nitrogens with one attached hydrogen (secondary N) is 1. The number of benzene rings is 1. The van der Waals surface area contributed by atoms with E-state index in [0.717, 1.165) is 25.9 Å². The summed E-state index contributed by atoms with van der Waals surface area (Å²) in [7, 11) is 1.47. The number of carboxylic acid groups (broad SMARTS) is 1. The standard InChI is InChI=1S/C16H22ClN3O4/c1-24-14-9-13(18)12(17)8-11(14)16(23)19-10-2-5-20(6-3-10)7-4-15(21)22/h8-10H,2-7,18H2,1H3,(H,19,23)(H,21,22). The molecule has 132 valence electrons. The molecule has 1 aliphatic heterocycles. The fraction of sp³-hybridized carbons (Fsp3) is 0.500. The van der Waals surface area contributed by atoms with Crippen LogP contribution in [0.1, 0.15) is 29.6 Å². The van der Waals surface area contributed by atoms with Gasteiger partial charge in [0.1, 0.15) is 5.75 Å². The normalized spacial score (nSPS) is 15.9. The van der Waals surface area contributed by atoms with E-state index in [9.17, 15) is 9.59 Å². The third-order valence-corrected chi connectivity index (χ3v) is 4.46. The first-order chi connectivity index (χ1) is 11.4. The molecule has 0 aliphatic carbocycles. The van der Waals surface area contributed by atoms with Crippen molar-refractivity contribution in [2.75, 3.05) is 32.5 Å². The average molecular weight is 356 g/mol. The van der Waals surface area contributed by atoms with Gasteiger partial charge in [0.25, 0.3) is 5.91 Å². The highest BCUT2D eigenvalue weighted by Gasteiger charge is 2.23. The summed E-state index contributed by atoms with van der Waals surface area (Å²) in [4.78, 5) is 25.2. The van der Waals surface area contributed by atoms with Crippen LogP contribution < -0.4 is 15.8 Å². The lowest BCUT2D eigenvalue weighted by Gasteiger charge is -2.32. The Labute approximate surface area is 145 Å². The van der Waals surface area contributed by atoms with Crippen LogP contribution in [0.2, 0.25) is 5.02 Å². The summed E-state index contributed by atoms with van der Waals surface area (Å²) in [5, 5.41) is 12.0. The number of anilines is 1. The molecule has 1 aromatic carbocycles. The average Bonchev–Trinajstić information content (AvgIpc) is 2.56. The van der Waals surface area contributed by atoms with Gasteiger partial charge < -0.3 is 25.8 Å². The number of likely N-dealkylation sites (tertiary alicyclic amines) is 1. The van der Waals surface area contributed by atoms with Crippen LogP contribution in [0, 0.1) is 0 Å². The summed E-state index contributed by atoms with van der Waals surface area (Å²) in [5.41, 5.74) is 6.43.